The smallest absolute Gasteiger partial charge is 0.357 e. The van der Waals surface area contributed by atoms with E-state index < -0.39 is 11.9 Å². The van der Waals surface area contributed by atoms with Crippen molar-refractivity contribution >= 4 is 11.9 Å². The fourth-order valence-corrected chi connectivity index (χ4v) is 2.61. The molecule has 3 aromatic rings. The zero-order valence-corrected chi connectivity index (χ0v) is 15.7. The van der Waals surface area contributed by atoms with E-state index in [9.17, 15) is 9.59 Å². The van der Waals surface area contributed by atoms with Crippen LogP contribution in [-0.4, -0.2) is 16.9 Å². The number of ether oxygens (including phenoxy) is 2. The maximum Gasteiger partial charge on any atom is 0.357 e. The number of nitriles is 2. The fourth-order valence-electron chi connectivity index (χ4n) is 2.61. The van der Waals surface area contributed by atoms with Crippen molar-refractivity contribution < 1.29 is 19.1 Å². The lowest BCUT2D eigenvalue weighted by Crippen LogP contribution is -2.13. The second kappa shape index (κ2) is 9.63. The number of carbonyl (C=O) groups is 2. The van der Waals surface area contributed by atoms with E-state index in [4.69, 9.17) is 20.0 Å². The number of carbonyl (C=O) groups excluding carboxylic acids is 2. The molecular weight excluding hydrogens is 382 g/mol. The van der Waals surface area contributed by atoms with Crippen molar-refractivity contribution in [1.29, 1.82) is 10.5 Å². The first kappa shape index (κ1) is 20.2. The third kappa shape index (κ3) is 4.86. The predicted molar refractivity (Wildman–Crippen MR) is 105 cm³/mol. The minimum Gasteiger partial charge on any atom is -0.456 e. The van der Waals surface area contributed by atoms with Crippen molar-refractivity contribution in [2.75, 3.05) is 0 Å². The molecule has 0 aliphatic heterocycles. The predicted octanol–water partition coefficient (Wildman–Crippen LogP) is 3.54. The van der Waals surface area contributed by atoms with Crippen molar-refractivity contribution in [2.24, 2.45) is 0 Å². The van der Waals surface area contributed by atoms with Gasteiger partial charge in [-0.05, 0) is 24.3 Å². The summed E-state index contributed by atoms with van der Waals surface area (Å²) in [4.78, 5) is 28.6. The first-order valence-corrected chi connectivity index (χ1v) is 8.89. The van der Waals surface area contributed by atoms with Crippen LogP contribution in [0, 0.1) is 22.7 Å². The molecule has 0 saturated carbocycles. The van der Waals surface area contributed by atoms with E-state index in [1.165, 1.54) is 18.2 Å². The minimum absolute atomic E-state index is 0.0590. The molecule has 0 aliphatic rings. The number of aromatic nitrogens is 1. The molecule has 7 nitrogen and oxygen atoms in total. The van der Waals surface area contributed by atoms with Crippen LogP contribution in [0.15, 0.2) is 66.7 Å². The molecule has 3 rings (SSSR count). The molecule has 2 aromatic carbocycles. The third-order valence-electron chi connectivity index (χ3n) is 4.16. The number of esters is 2. The van der Waals surface area contributed by atoms with E-state index in [0.29, 0.717) is 22.3 Å². The van der Waals surface area contributed by atoms with Gasteiger partial charge in [0.05, 0.1) is 23.3 Å². The van der Waals surface area contributed by atoms with Crippen LogP contribution >= 0.6 is 0 Å². The Kier molecular flexibility index (Phi) is 6.50. The monoisotopic (exact) mass is 397 g/mol. The Hall–Kier alpha value is -4.49. The van der Waals surface area contributed by atoms with Gasteiger partial charge in [-0.15, -0.1) is 0 Å². The van der Waals surface area contributed by atoms with Gasteiger partial charge in [0.15, 0.2) is 0 Å². The summed E-state index contributed by atoms with van der Waals surface area (Å²) in [7, 11) is 0. The number of rotatable bonds is 6. The highest BCUT2D eigenvalue weighted by Gasteiger charge is 2.16. The summed E-state index contributed by atoms with van der Waals surface area (Å²) < 4.78 is 10.4. The molecule has 0 atom stereocenters. The standard InChI is InChI=1S/C23H15N3O4/c24-12-16-6-1-3-8-18(16)14-29-22(27)20-10-5-11-21(26-20)23(28)30-15-19-9-4-2-7-17(19)13-25/h1-11H,14-15H2. The van der Waals surface area contributed by atoms with E-state index >= 15 is 0 Å². The fraction of sp³-hybridized carbons (Fsp3) is 0.0870. The van der Waals surface area contributed by atoms with E-state index in [2.05, 4.69) is 4.98 Å². The Bertz CT molecular complexity index is 1090. The highest BCUT2D eigenvalue weighted by atomic mass is 16.5. The van der Waals surface area contributed by atoms with Crippen LogP contribution in [0.1, 0.15) is 43.2 Å². The van der Waals surface area contributed by atoms with Gasteiger partial charge in [-0.2, -0.15) is 10.5 Å². The average molecular weight is 397 g/mol. The molecule has 0 fully saturated rings. The SMILES string of the molecule is N#Cc1ccccc1COC(=O)c1cccc(C(=O)OCc2ccccc2C#N)n1. The van der Waals surface area contributed by atoms with E-state index in [1.807, 2.05) is 12.1 Å². The van der Waals surface area contributed by atoms with Crippen LogP contribution < -0.4 is 0 Å². The number of nitrogens with zero attached hydrogens (tertiary/aromatic N) is 3. The Morgan fingerprint density at radius 3 is 1.57 bits per heavy atom. The molecule has 0 radical (unpaired) electrons. The first-order valence-electron chi connectivity index (χ1n) is 8.89. The Labute approximate surface area is 172 Å². The summed E-state index contributed by atoms with van der Waals surface area (Å²) in [5, 5.41) is 18.2. The maximum absolute atomic E-state index is 12.3. The summed E-state index contributed by atoms with van der Waals surface area (Å²) in [5.74, 6) is -1.46. The maximum atomic E-state index is 12.3. The summed E-state index contributed by atoms with van der Waals surface area (Å²) in [6.07, 6.45) is 0. The molecule has 0 saturated heterocycles. The van der Waals surface area contributed by atoms with Crippen LogP contribution in [0.4, 0.5) is 0 Å². The van der Waals surface area contributed by atoms with Gasteiger partial charge < -0.3 is 9.47 Å². The van der Waals surface area contributed by atoms with Crippen molar-refractivity contribution in [3.8, 4) is 12.1 Å². The second-order valence-corrected chi connectivity index (χ2v) is 6.10. The summed E-state index contributed by atoms with van der Waals surface area (Å²) in [6, 6.07) is 21.9. The van der Waals surface area contributed by atoms with Crippen LogP contribution in [0.3, 0.4) is 0 Å². The highest BCUT2D eigenvalue weighted by Crippen LogP contribution is 2.12. The van der Waals surface area contributed by atoms with Crippen molar-refractivity contribution in [3.63, 3.8) is 0 Å². The molecule has 0 N–H and O–H groups in total. The van der Waals surface area contributed by atoms with Gasteiger partial charge in [0.25, 0.3) is 0 Å². The van der Waals surface area contributed by atoms with Gasteiger partial charge in [0, 0.05) is 11.1 Å². The lowest BCUT2D eigenvalue weighted by molar-refractivity contribution is 0.0456. The molecule has 0 amide bonds. The molecular formula is C23H15N3O4. The van der Waals surface area contributed by atoms with E-state index in [1.54, 1.807) is 48.5 Å². The summed E-state index contributed by atoms with van der Waals surface area (Å²) in [5.41, 5.74) is 1.84. The van der Waals surface area contributed by atoms with Crippen molar-refractivity contribution in [2.45, 2.75) is 13.2 Å². The van der Waals surface area contributed by atoms with Crippen LogP contribution in [0.25, 0.3) is 0 Å². The lowest BCUT2D eigenvalue weighted by Gasteiger charge is -2.08. The highest BCUT2D eigenvalue weighted by molar-refractivity contribution is 5.91. The molecule has 0 bridgehead atoms. The minimum atomic E-state index is -0.729. The van der Waals surface area contributed by atoms with Gasteiger partial charge in [0.2, 0.25) is 0 Å². The van der Waals surface area contributed by atoms with Gasteiger partial charge >= 0.3 is 11.9 Å². The lowest BCUT2D eigenvalue weighted by atomic mass is 10.1. The zero-order valence-electron chi connectivity index (χ0n) is 15.7. The van der Waals surface area contributed by atoms with Gasteiger partial charge in [-0.1, -0.05) is 42.5 Å². The van der Waals surface area contributed by atoms with Crippen molar-refractivity contribution in [1.82, 2.24) is 4.98 Å². The largest absolute Gasteiger partial charge is 0.456 e. The normalized spacial score (nSPS) is 9.80. The molecule has 30 heavy (non-hydrogen) atoms. The molecule has 1 heterocycles. The van der Waals surface area contributed by atoms with Crippen LogP contribution in [0.5, 0.6) is 0 Å². The van der Waals surface area contributed by atoms with Gasteiger partial charge in [-0.25, -0.2) is 14.6 Å². The second-order valence-electron chi connectivity index (χ2n) is 6.10. The van der Waals surface area contributed by atoms with Crippen LogP contribution in [0.2, 0.25) is 0 Å². The average Bonchev–Trinajstić information content (AvgIpc) is 2.81. The first-order chi connectivity index (χ1) is 14.6. The van der Waals surface area contributed by atoms with E-state index in [-0.39, 0.29) is 24.6 Å². The number of hydrogen-bond acceptors (Lipinski definition) is 7. The summed E-state index contributed by atoms with van der Waals surface area (Å²) in [6.45, 7) is -0.187. The van der Waals surface area contributed by atoms with Crippen molar-refractivity contribution in [3.05, 3.63) is 100 Å². The number of hydrogen-bond donors (Lipinski definition) is 0. The van der Waals surface area contributed by atoms with Crippen LogP contribution in [-0.2, 0) is 22.7 Å². The molecule has 0 spiro atoms. The van der Waals surface area contributed by atoms with Gasteiger partial charge in [0.1, 0.15) is 24.6 Å². The number of benzene rings is 2. The van der Waals surface area contributed by atoms with Gasteiger partial charge in [-0.3, -0.25) is 0 Å². The van der Waals surface area contributed by atoms with E-state index in [0.717, 1.165) is 0 Å². The molecule has 1 aromatic heterocycles. The molecule has 0 unspecified atom stereocenters. The Morgan fingerprint density at radius 1 is 0.700 bits per heavy atom. The zero-order chi connectivity index (χ0) is 21.3. The Balaban J connectivity index is 1.65. The Morgan fingerprint density at radius 2 is 1.13 bits per heavy atom. The number of pyridine rings is 1. The third-order valence-corrected chi connectivity index (χ3v) is 4.16. The topological polar surface area (TPSA) is 113 Å². The quantitative estimate of drug-likeness (QED) is 0.585. The summed E-state index contributed by atoms with van der Waals surface area (Å²) >= 11 is 0. The molecule has 146 valence electrons. The molecule has 7 heteroatoms. The molecule has 0 aliphatic carbocycles.